The molecule has 0 aliphatic rings. The molecule has 0 aliphatic heterocycles. The van der Waals surface area contributed by atoms with Gasteiger partial charge in [0.15, 0.2) is 8.32 Å². The first kappa shape index (κ1) is 22.2. The molecule has 4 heteroatoms. The van der Waals surface area contributed by atoms with Crippen molar-refractivity contribution in [2.75, 3.05) is 20.2 Å². The van der Waals surface area contributed by atoms with Crippen molar-refractivity contribution < 1.29 is 9.22 Å². The van der Waals surface area contributed by atoms with Crippen LogP contribution in [-0.4, -0.2) is 39.3 Å². The predicted octanol–water partition coefficient (Wildman–Crippen LogP) is 4.83. The molecule has 1 amide bonds. The molecule has 0 heterocycles. The van der Waals surface area contributed by atoms with Crippen LogP contribution >= 0.6 is 0 Å². The summed E-state index contributed by atoms with van der Waals surface area (Å²) in [6.07, 6.45) is 6.18. The van der Waals surface area contributed by atoms with Gasteiger partial charge in [0.1, 0.15) is 0 Å². The molecular weight excluding hydrogens is 302 g/mol. The molecular formula is C19H37NO2Si. The summed E-state index contributed by atoms with van der Waals surface area (Å²) in [7, 11) is 0.227. The summed E-state index contributed by atoms with van der Waals surface area (Å²) < 4.78 is 6.15. The van der Waals surface area contributed by atoms with Gasteiger partial charge in [0.25, 0.3) is 5.91 Å². The third kappa shape index (κ3) is 9.83. The second-order valence-electron chi connectivity index (χ2n) is 7.80. The summed E-state index contributed by atoms with van der Waals surface area (Å²) in [5.74, 6) is 5.68. The molecule has 0 saturated carbocycles. The highest BCUT2D eigenvalue weighted by atomic mass is 28.4. The van der Waals surface area contributed by atoms with E-state index in [2.05, 4.69) is 52.6 Å². The van der Waals surface area contributed by atoms with Crippen LogP contribution in [-0.2, 0) is 9.22 Å². The maximum atomic E-state index is 11.7. The number of carbonyl (C=O) groups is 1. The fourth-order valence-corrected chi connectivity index (χ4v) is 2.85. The van der Waals surface area contributed by atoms with Crippen LogP contribution in [0, 0.1) is 11.8 Å². The quantitative estimate of drug-likeness (QED) is 0.342. The lowest BCUT2D eigenvalue weighted by Gasteiger charge is -2.36. The van der Waals surface area contributed by atoms with Gasteiger partial charge in [-0.3, -0.25) is 4.79 Å². The molecule has 0 unspecified atom stereocenters. The fourth-order valence-electron chi connectivity index (χ4n) is 1.77. The van der Waals surface area contributed by atoms with Crippen molar-refractivity contribution in [3.63, 3.8) is 0 Å². The molecule has 0 radical (unpaired) electrons. The van der Waals surface area contributed by atoms with Crippen molar-refractivity contribution in [2.24, 2.45) is 0 Å². The van der Waals surface area contributed by atoms with E-state index in [4.69, 9.17) is 4.43 Å². The van der Waals surface area contributed by atoms with Crippen molar-refractivity contribution >= 4 is 14.2 Å². The number of nitrogens with zero attached hydrogens (tertiary/aromatic N) is 1. The lowest BCUT2D eigenvalue weighted by molar-refractivity contribution is -0.123. The maximum absolute atomic E-state index is 11.7. The molecule has 23 heavy (non-hydrogen) atoms. The summed E-state index contributed by atoms with van der Waals surface area (Å²) in [5.41, 5.74) is 0. The lowest BCUT2D eigenvalue weighted by Crippen LogP contribution is -2.40. The molecule has 0 bridgehead atoms. The molecule has 0 atom stereocenters. The van der Waals surface area contributed by atoms with Crippen molar-refractivity contribution in [3.8, 4) is 11.8 Å². The number of amides is 1. The van der Waals surface area contributed by atoms with Gasteiger partial charge in [0, 0.05) is 26.6 Å². The monoisotopic (exact) mass is 339 g/mol. The van der Waals surface area contributed by atoms with Gasteiger partial charge in [0.05, 0.1) is 0 Å². The van der Waals surface area contributed by atoms with E-state index in [0.29, 0.717) is 0 Å². The van der Waals surface area contributed by atoms with E-state index in [-0.39, 0.29) is 10.9 Å². The van der Waals surface area contributed by atoms with Gasteiger partial charge in [-0.05, 0) is 43.3 Å². The topological polar surface area (TPSA) is 29.5 Å². The van der Waals surface area contributed by atoms with Crippen LogP contribution < -0.4 is 0 Å². The smallest absolute Gasteiger partial charge is 0.298 e. The minimum absolute atomic E-state index is 0.0558. The highest BCUT2D eigenvalue weighted by Gasteiger charge is 2.36. The van der Waals surface area contributed by atoms with Crippen molar-refractivity contribution in [2.45, 2.75) is 84.4 Å². The van der Waals surface area contributed by atoms with Crippen molar-refractivity contribution in [3.05, 3.63) is 0 Å². The first-order chi connectivity index (χ1) is 10.6. The van der Waals surface area contributed by atoms with Crippen LogP contribution in [0.25, 0.3) is 0 Å². The minimum atomic E-state index is -1.60. The molecule has 3 nitrogen and oxygen atoms in total. The third-order valence-corrected chi connectivity index (χ3v) is 9.14. The number of unbranched alkanes of at least 4 members (excludes halogenated alkanes) is 4. The van der Waals surface area contributed by atoms with E-state index in [1.54, 1.807) is 4.90 Å². The lowest BCUT2D eigenvalue weighted by atomic mass is 10.2. The average molecular weight is 340 g/mol. The van der Waals surface area contributed by atoms with Crippen LogP contribution in [0.1, 0.15) is 66.2 Å². The van der Waals surface area contributed by atoms with Crippen LogP contribution in [0.3, 0.4) is 0 Å². The zero-order chi connectivity index (χ0) is 17.9. The summed E-state index contributed by atoms with van der Waals surface area (Å²) in [6, 6.07) is 0. The molecule has 0 aliphatic carbocycles. The van der Waals surface area contributed by atoms with E-state index >= 15 is 0 Å². The predicted molar refractivity (Wildman–Crippen MR) is 102 cm³/mol. The molecule has 0 saturated heterocycles. The Bertz CT molecular complexity index is 402. The summed E-state index contributed by atoms with van der Waals surface area (Å²) in [6.45, 7) is 15.2. The Kier molecular flexibility index (Phi) is 10.5. The molecule has 0 spiro atoms. The first-order valence-corrected chi connectivity index (χ1v) is 11.9. The number of hydrogen-bond donors (Lipinski definition) is 0. The summed E-state index contributed by atoms with van der Waals surface area (Å²) in [5, 5.41) is 0.280. The van der Waals surface area contributed by atoms with Crippen LogP contribution in [0.15, 0.2) is 0 Å². The fraction of sp³-hybridized carbons (Fsp3) is 0.842. The van der Waals surface area contributed by atoms with E-state index in [0.717, 1.165) is 51.7 Å². The van der Waals surface area contributed by atoms with Crippen molar-refractivity contribution in [1.29, 1.82) is 0 Å². The number of rotatable bonds is 9. The van der Waals surface area contributed by atoms with Gasteiger partial charge in [-0.1, -0.05) is 46.5 Å². The van der Waals surface area contributed by atoms with Crippen molar-refractivity contribution in [1.82, 2.24) is 4.90 Å². The average Bonchev–Trinajstić information content (AvgIpc) is 2.45. The van der Waals surface area contributed by atoms with Crippen LogP contribution in [0.5, 0.6) is 0 Å². The van der Waals surface area contributed by atoms with Crippen LogP contribution in [0.2, 0.25) is 18.1 Å². The Morgan fingerprint density at radius 3 is 2.35 bits per heavy atom. The number of hydrogen-bond acceptors (Lipinski definition) is 2. The Balaban J connectivity index is 3.79. The SMILES string of the molecule is CCCCN(C)C(=O)C#CCCCCCO[Si](C)(C)C(C)(C)C. The Morgan fingerprint density at radius 2 is 1.78 bits per heavy atom. The standard InChI is InChI=1S/C19H37NO2Si/c1-8-9-16-20(5)18(21)15-13-11-10-12-14-17-22-23(6,7)19(2,3)4/h8-12,14,16-17H2,1-7H3. The molecule has 0 N–H and O–H groups in total. The molecule has 0 aromatic heterocycles. The Labute approximate surface area is 145 Å². The molecule has 0 aromatic carbocycles. The highest BCUT2D eigenvalue weighted by Crippen LogP contribution is 2.36. The summed E-state index contributed by atoms with van der Waals surface area (Å²) in [4.78, 5) is 13.4. The van der Waals surface area contributed by atoms with Crippen LogP contribution in [0.4, 0.5) is 0 Å². The van der Waals surface area contributed by atoms with Gasteiger partial charge in [-0.25, -0.2) is 0 Å². The number of carbonyl (C=O) groups excluding carboxylic acids is 1. The van der Waals surface area contributed by atoms with Gasteiger partial charge < -0.3 is 9.33 Å². The van der Waals surface area contributed by atoms with E-state index in [9.17, 15) is 4.79 Å². The second-order valence-corrected chi connectivity index (χ2v) is 12.6. The largest absolute Gasteiger partial charge is 0.417 e. The van der Waals surface area contributed by atoms with Gasteiger partial charge >= 0.3 is 0 Å². The van der Waals surface area contributed by atoms with Gasteiger partial charge in [-0.15, -0.1) is 0 Å². The molecule has 134 valence electrons. The first-order valence-electron chi connectivity index (χ1n) is 8.99. The van der Waals surface area contributed by atoms with Gasteiger partial charge in [0.2, 0.25) is 0 Å². The Hall–Kier alpha value is -0.793. The second kappa shape index (κ2) is 10.9. The van der Waals surface area contributed by atoms with E-state index in [1.807, 2.05) is 7.05 Å². The Morgan fingerprint density at radius 1 is 1.13 bits per heavy atom. The summed E-state index contributed by atoms with van der Waals surface area (Å²) >= 11 is 0. The van der Waals surface area contributed by atoms with Gasteiger partial charge in [-0.2, -0.15) is 0 Å². The molecule has 0 rings (SSSR count). The third-order valence-electron chi connectivity index (χ3n) is 4.60. The van der Waals surface area contributed by atoms with E-state index < -0.39 is 8.32 Å². The highest BCUT2D eigenvalue weighted by molar-refractivity contribution is 6.74. The normalized spacial score (nSPS) is 11.8. The minimum Gasteiger partial charge on any atom is -0.417 e. The molecule has 0 aromatic rings. The zero-order valence-electron chi connectivity index (χ0n) is 16.4. The maximum Gasteiger partial charge on any atom is 0.298 e. The zero-order valence-corrected chi connectivity index (χ0v) is 17.4. The van der Waals surface area contributed by atoms with E-state index in [1.165, 1.54) is 0 Å². The molecule has 0 fully saturated rings.